The van der Waals surface area contributed by atoms with E-state index in [1.54, 1.807) is 21.3 Å². The fourth-order valence-corrected chi connectivity index (χ4v) is 5.28. The zero-order valence-corrected chi connectivity index (χ0v) is 19.4. The first kappa shape index (κ1) is 25.2. The van der Waals surface area contributed by atoms with Crippen LogP contribution in [0.15, 0.2) is 29.2 Å². The van der Waals surface area contributed by atoms with Crippen LogP contribution in [-0.4, -0.2) is 30.1 Å². The molecule has 2 aromatic carbocycles. The van der Waals surface area contributed by atoms with E-state index >= 15 is 0 Å². The normalized spacial score (nSPS) is 13.0. The first-order valence-corrected chi connectivity index (χ1v) is 11.9. The lowest BCUT2D eigenvalue weighted by molar-refractivity contribution is 0.123. The smallest absolute Gasteiger partial charge is 0.377 e. The zero-order chi connectivity index (χ0) is 22.5. The van der Waals surface area contributed by atoms with E-state index in [4.69, 9.17) is 24.9 Å². The SMILES string of the molecule is CO[Si](CCc1ccc(CCC(Cl)c2c(F)c(F)c(S)c(F)c2F)cc1)(OC)OC. The second kappa shape index (κ2) is 11.0. The Labute approximate surface area is 185 Å². The molecule has 0 saturated carbocycles. The Morgan fingerprint density at radius 1 is 0.833 bits per heavy atom. The monoisotopic (exact) mass is 482 g/mol. The molecule has 3 nitrogen and oxygen atoms in total. The van der Waals surface area contributed by atoms with Crippen LogP contribution in [0, 0.1) is 23.3 Å². The summed E-state index contributed by atoms with van der Waals surface area (Å²) in [7, 11) is 2.00. The molecular formula is C20H23ClF4O3SSi. The molecule has 0 N–H and O–H groups in total. The third kappa shape index (κ3) is 5.57. The van der Waals surface area contributed by atoms with E-state index in [2.05, 4.69) is 12.6 Å². The molecule has 0 aromatic heterocycles. The topological polar surface area (TPSA) is 27.7 Å². The number of aryl methyl sites for hydroxylation is 2. The molecule has 30 heavy (non-hydrogen) atoms. The van der Waals surface area contributed by atoms with Gasteiger partial charge in [-0.05, 0) is 30.4 Å². The lowest BCUT2D eigenvalue weighted by Crippen LogP contribution is -2.43. The van der Waals surface area contributed by atoms with Gasteiger partial charge in [-0.15, -0.1) is 24.2 Å². The number of halogens is 5. The molecule has 0 heterocycles. The van der Waals surface area contributed by atoms with Crippen molar-refractivity contribution >= 4 is 33.0 Å². The van der Waals surface area contributed by atoms with Crippen LogP contribution in [0.1, 0.15) is 28.5 Å². The van der Waals surface area contributed by atoms with Crippen molar-refractivity contribution in [3.8, 4) is 0 Å². The molecule has 0 saturated heterocycles. The minimum atomic E-state index is -2.66. The molecule has 0 aliphatic heterocycles. The third-order valence-corrected chi connectivity index (χ3v) is 8.51. The number of benzene rings is 2. The van der Waals surface area contributed by atoms with E-state index < -0.39 is 47.9 Å². The molecular weight excluding hydrogens is 460 g/mol. The van der Waals surface area contributed by atoms with Crippen LogP contribution in [0.4, 0.5) is 17.6 Å². The van der Waals surface area contributed by atoms with E-state index in [9.17, 15) is 17.6 Å². The van der Waals surface area contributed by atoms with Crippen LogP contribution in [0.3, 0.4) is 0 Å². The minimum Gasteiger partial charge on any atom is -0.377 e. The van der Waals surface area contributed by atoms with Crippen molar-refractivity contribution < 1.29 is 30.8 Å². The van der Waals surface area contributed by atoms with Crippen molar-refractivity contribution in [3.63, 3.8) is 0 Å². The van der Waals surface area contributed by atoms with E-state index in [1.165, 1.54) is 0 Å². The summed E-state index contributed by atoms with van der Waals surface area (Å²) in [6.07, 6.45) is 1.14. The number of hydrogen-bond acceptors (Lipinski definition) is 4. The maximum absolute atomic E-state index is 14.1. The van der Waals surface area contributed by atoms with Crippen molar-refractivity contribution in [1.82, 2.24) is 0 Å². The van der Waals surface area contributed by atoms with Crippen molar-refractivity contribution in [2.24, 2.45) is 0 Å². The van der Waals surface area contributed by atoms with Crippen LogP contribution in [0.5, 0.6) is 0 Å². The Morgan fingerprint density at radius 2 is 1.27 bits per heavy atom. The lowest BCUT2D eigenvalue weighted by atomic mass is 10.0. The molecule has 166 valence electrons. The molecule has 0 radical (unpaired) electrons. The molecule has 0 amide bonds. The average molecular weight is 483 g/mol. The van der Waals surface area contributed by atoms with Gasteiger partial charge in [-0.3, -0.25) is 0 Å². The third-order valence-electron chi connectivity index (χ3n) is 4.95. The van der Waals surface area contributed by atoms with Crippen LogP contribution in [-0.2, 0) is 26.1 Å². The van der Waals surface area contributed by atoms with Gasteiger partial charge in [0.05, 0.1) is 10.3 Å². The summed E-state index contributed by atoms with van der Waals surface area (Å²) in [4.78, 5) is -1.00. The van der Waals surface area contributed by atoms with Gasteiger partial charge in [0.1, 0.15) is 0 Å². The van der Waals surface area contributed by atoms with Crippen molar-refractivity contribution in [1.29, 1.82) is 0 Å². The first-order valence-electron chi connectivity index (χ1n) is 9.11. The summed E-state index contributed by atoms with van der Waals surface area (Å²) in [5.41, 5.74) is 1.08. The van der Waals surface area contributed by atoms with Gasteiger partial charge in [-0.1, -0.05) is 24.3 Å². The van der Waals surface area contributed by atoms with Crippen LogP contribution in [0.25, 0.3) is 0 Å². The highest BCUT2D eigenvalue weighted by atomic mass is 35.5. The maximum Gasteiger partial charge on any atom is 0.500 e. The lowest BCUT2D eigenvalue weighted by Gasteiger charge is -2.24. The largest absolute Gasteiger partial charge is 0.500 e. The van der Waals surface area contributed by atoms with Gasteiger partial charge in [-0.2, -0.15) is 0 Å². The van der Waals surface area contributed by atoms with Crippen LogP contribution in [0.2, 0.25) is 6.04 Å². The second-order valence-electron chi connectivity index (χ2n) is 6.64. The number of thiol groups is 1. The predicted octanol–water partition coefficient (Wildman–Crippen LogP) is 5.87. The van der Waals surface area contributed by atoms with E-state index in [0.29, 0.717) is 18.9 Å². The highest BCUT2D eigenvalue weighted by Gasteiger charge is 2.37. The fourth-order valence-electron chi connectivity index (χ4n) is 3.08. The zero-order valence-electron chi connectivity index (χ0n) is 16.8. The highest BCUT2D eigenvalue weighted by molar-refractivity contribution is 7.80. The summed E-state index contributed by atoms with van der Waals surface area (Å²) in [6, 6.07) is 8.15. The van der Waals surface area contributed by atoms with Crippen molar-refractivity contribution in [2.45, 2.75) is 35.6 Å². The maximum atomic E-state index is 14.1. The quantitative estimate of drug-likeness (QED) is 0.151. The van der Waals surface area contributed by atoms with Crippen LogP contribution < -0.4 is 0 Å². The molecule has 1 unspecified atom stereocenters. The predicted molar refractivity (Wildman–Crippen MR) is 112 cm³/mol. The van der Waals surface area contributed by atoms with E-state index in [0.717, 1.165) is 11.1 Å². The molecule has 2 rings (SSSR count). The standard InChI is InChI=1S/C20H23ClF4O3SSi/c1-26-30(27-2,28-3)11-10-13-6-4-12(5-7-13)8-9-14(21)15-16(22)18(24)20(29)19(25)17(15)23/h4-7,14,29H,8-11H2,1-3H3. The van der Waals surface area contributed by atoms with Gasteiger partial charge < -0.3 is 13.3 Å². The first-order chi connectivity index (χ1) is 14.2. The molecule has 0 spiro atoms. The number of hydrogen-bond donors (Lipinski definition) is 1. The summed E-state index contributed by atoms with van der Waals surface area (Å²) in [5, 5.41) is -1.24. The van der Waals surface area contributed by atoms with Gasteiger partial charge in [0.2, 0.25) is 0 Å². The van der Waals surface area contributed by atoms with Gasteiger partial charge in [0.15, 0.2) is 23.3 Å². The Hall–Kier alpha value is -1.10. The van der Waals surface area contributed by atoms with E-state index in [-0.39, 0.29) is 6.42 Å². The highest BCUT2D eigenvalue weighted by Crippen LogP contribution is 2.35. The molecule has 1 atom stereocenters. The summed E-state index contributed by atoms with van der Waals surface area (Å²) in [5.74, 6) is -6.14. The Balaban J connectivity index is 2.02. The van der Waals surface area contributed by atoms with Crippen LogP contribution >= 0.6 is 24.2 Å². The molecule has 0 aliphatic carbocycles. The fraction of sp³-hybridized carbons (Fsp3) is 0.400. The molecule has 0 aliphatic rings. The van der Waals surface area contributed by atoms with E-state index in [1.807, 2.05) is 24.3 Å². The Morgan fingerprint density at radius 3 is 1.70 bits per heavy atom. The van der Waals surface area contributed by atoms with Gasteiger partial charge in [0, 0.05) is 32.9 Å². The number of alkyl halides is 1. The van der Waals surface area contributed by atoms with Gasteiger partial charge in [-0.25, -0.2) is 17.6 Å². The summed E-state index contributed by atoms with van der Waals surface area (Å²) >= 11 is 9.51. The van der Waals surface area contributed by atoms with Gasteiger partial charge >= 0.3 is 8.80 Å². The Kier molecular flexibility index (Phi) is 9.20. The second-order valence-corrected chi connectivity index (χ2v) is 10.7. The summed E-state index contributed by atoms with van der Waals surface area (Å²) in [6.45, 7) is 0. The van der Waals surface area contributed by atoms with Crippen molar-refractivity contribution in [3.05, 3.63) is 64.2 Å². The molecule has 0 bridgehead atoms. The minimum absolute atomic E-state index is 0.0899. The summed E-state index contributed by atoms with van der Waals surface area (Å²) < 4.78 is 71.7. The molecule has 0 fully saturated rings. The Bertz CT molecular complexity index is 829. The number of rotatable bonds is 10. The molecule has 2 aromatic rings. The van der Waals surface area contributed by atoms with Crippen molar-refractivity contribution in [2.75, 3.05) is 21.3 Å². The van der Waals surface area contributed by atoms with Gasteiger partial charge in [0.25, 0.3) is 0 Å². The molecule has 10 heteroatoms. The average Bonchev–Trinajstić information content (AvgIpc) is 2.77.